The molecule has 3 fully saturated rings. The number of anilines is 1. The van der Waals surface area contributed by atoms with Gasteiger partial charge in [0.15, 0.2) is 0 Å². The van der Waals surface area contributed by atoms with Crippen molar-refractivity contribution in [1.29, 1.82) is 0 Å². The number of benzene rings is 1. The van der Waals surface area contributed by atoms with Crippen molar-refractivity contribution in [2.24, 2.45) is 11.8 Å². The Balaban J connectivity index is 1.72. The van der Waals surface area contributed by atoms with Crippen molar-refractivity contribution in [3.63, 3.8) is 0 Å². The molecule has 3 aliphatic heterocycles. The number of ether oxygens (including phenoxy) is 2. The first-order chi connectivity index (χ1) is 17.8. The highest BCUT2D eigenvalue weighted by Gasteiger charge is 2.77. The minimum atomic E-state index is -1.14. The number of hydrogen-bond donors (Lipinski definition) is 1. The quantitative estimate of drug-likeness (QED) is 0.171. The van der Waals surface area contributed by atoms with E-state index in [2.05, 4.69) is 22.5 Å². The second-order valence-corrected chi connectivity index (χ2v) is 11.4. The number of rotatable bonds is 12. The van der Waals surface area contributed by atoms with Gasteiger partial charge in [0.2, 0.25) is 5.91 Å². The third kappa shape index (κ3) is 5.07. The molecular formula is C27H34BrClN2O6. The molecule has 1 aromatic carbocycles. The first kappa shape index (κ1) is 28.1. The molecule has 8 nitrogen and oxygen atoms in total. The largest absolute Gasteiger partial charge is 0.466 e. The lowest BCUT2D eigenvalue weighted by molar-refractivity contribution is -0.154. The van der Waals surface area contributed by atoms with Gasteiger partial charge in [-0.15, -0.1) is 6.58 Å². The monoisotopic (exact) mass is 596 g/mol. The number of aliphatic hydroxyl groups is 1. The first-order valence-corrected chi connectivity index (χ1v) is 14.2. The molecule has 1 aromatic rings. The molecule has 1 N–H and O–H groups in total. The van der Waals surface area contributed by atoms with Gasteiger partial charge in [-0.3, -0.25) is 14.4 Å². The molecule has 6 atom stereocenters. The summed E-state index contributed by atoms with van der Waals surface area (Å²) in [5.74, 6) is -2.54. The Morgan fingerprint density at radius 1 is 1.30 bits per heavy atom. The third-order valence-electron chi connectivity index (χ3n) is 7.60. The predicted octanol–water partition coefficient (Wildman–Crippen LogP) is 3.72. The zero-order chi connectivity index (χ0) is 26.7. The molecule has 0 radical (unpaired) electrons. The summed E-state index contributed by atoms with van der Waals surface area (Å²) < 4.78 is 11.8. The topological polar surface area (TPSA) is 96.4 Å². The maximum atomic E-state index is 14.4. The second kappa shape index (κ2) is 11.8. The van der Waals surface area contributed by atoms with Crippen molar-refractivity contribution >= 4 is 51.0 Å². The molecule has 1 unspecified atom stereocenters. The van der Waals surface area contributed by atoms with Crippen molar-refractivity contribution in [1.82, 2.24) is 4.90 Å². The maximum absolute atomic E-state index is 14.4. The number of likely N-dealkylation sites (tertiary alicyclic amines) is 1. The smallest absolute Gasteiger partial charge is 0.312 e. The average Bonchev–Trinajstić information content (AvgIpc) is 3.46. The molecule has 3 heterocycles. The van der Waals surface area contributed by atoms with Crippen LogP contribution in [-0.4, -0.2) is 76.7 Å². The van der Waals surface area contributed by atoms with Crippen molar-refractivity contribution < 1.29 is 29.0 Å². The molecule has 0 aromatic heterocycles. The summed E-state index contributed by atoms with van der Waals surface area (Å²) in [6, 6.07) is 6.04. The molecule has 3 saturated heterocycles. The number of carbonyl (C=O) groups excluding carboxylic acids is 3. The van der Waals surface area contributed by atoms with E-state index < -0.39 is 35.6 Å². The van der Waals surface area contributed by atoms with Crippen LogP contribution in [-0.2, 0) is 23.9 Å². The van der Waals surface area contributed by atoms with Crippen LogP contribution >= 0.6 is 27.5 Å². The van der Waals surface area contributed by atoms with Gasteiger partial charge in [-0.25, -0.2) is 0 Å². The summed E-state index contributed by atoms with van der Waals surface area (Å²) in [5, 5.41) is 9.65. The highest BCUT2D eigenvalue weighted by molar-refractivity contribution is 9.09. The van der Waals surface area contributed by atoms with Gasteiger partial charge in [0.05, 0.1) is 24.5 Å². The number of amides is 2. The summed E-state index contributed by atoms with van der Waals surface area (Å²) in [5.41, 5.74) is -0.504. The van der Waals surface area contributed by atoms with Crippen LogP contribution in [0.3, 0.4) is 0 Å². The Morgan fingerprint density at radius 2 is 2.00 bits per heavy atom. The van der Waals surface area contributed by atoms with Gasteiger partial charge < -0.3 is 24.4 Å². The summed E-state index contributed by atoms with van der Waals surface area (Å²) in [7, 11) is 0. The van der Waals surface area contributed by atoms with E-state index in [1.807, 2.05) is 0 Å². The molecule has 4 rings (SSSR count). The van der Waals surface area contributed by atoms with Crippen LogP contribution in [0.5, 0.6) is 0 Å². The lowest BCUT2D eigenvalue weighted by Crippen LogP contribution is -2.57. The zero-order valence-electron chi connectivity index (χ0n) is 21.0. The second-order valence-electron chi connectivity index (χ2n) is 9.80. The summed E-state index contributed by atoms with van der Waals surface area (Å²) >= 11 is 9.75. The van der Waals surface area contributed by atoms with Crippen molar-refractivity contribution in [3.8, 4) is 0 Å². The lowest BCUT2D eigenvalue weighted by atomic mass is 9.70. The summed E-state index contributed by atoms with van der Waals surface area (Å²) in [4.78, 5) is 44.4. The van der Waals surface area contributed by atoms with Crippen LogP contribution in [0.2, 0.25) is 5.02 Å². The highest BCUT2D eigenvalue weighted by atomic mass is 79.9. The van der Waals surface area contributed by atoms with Crippen molar-refractivity contribution in [2.75, 3.05) is 31.2 Å². The van der Waals surface area contributed by atoms with Crippen LogP contribution in [0.4, 0.5) is 5.69 Å². The van der Waals surface area contributed by atoms with Crippen LogP contribution < -0.4 is 4.90 Å². The summed E-state index contributed by atoms with van der Waals surface area (Å²) in [6.45, 7) is 6.47. The Bertz CT molecular complexity index is 1020. The van der Waals surface area contributed by atoms with Gasteiger partial charge in [0, 0.05) is 35.2 Å². The first-order valence-electron chi connectivity index (χ1n) is 12.9. The average molecular weight is 598 g/mol. The van der Waals surface area contributed by atoms with E-state index in [-0.39, 0.29) is 36.4 Å². The molecule has 0 saturated carbocycles. The maximum Gasteiger partial charge on any atom is 0.312 e. The van der Waals surface area contributed by atoms with Crippen LogP contribution in [0, 0.1) is 11.8 Å². The molecule has 10 heteroatoms. The number of hydrogen-bond acceptors (Lipinski definition) is 6. The summed E-state index contributed by atoms with van der Waals surface area (Å²) in [6.07, 6.45) is 4.52. The normalized spacial score (nSPS) is 29.9. The highest BCUT2D eigenvalue weighted by Crippen LogP contribution is 2.60. The zero-order valence-corrected chi connectivity index (χ0v) is 23.3. The van der Waals surface area contributed by atoms with Gasteiger partial charge in [0.1, 0.15) is 11.6 Å². The van der Waals surface area contributed by atoms with E-state index in [4.69, 9.17) is 26.2 Å². The Hall–Kier alpha value is -1.94. The molecule has 202 valence electrons. The number of alkyl halides is 1. The Labute approximate surface area is 231 Å². The van der Waals surface area contributed by atoms with Gasteiger partial charge in [-0.2, -0.15) is 0 Å². The number of halogens is 2. The molecule has 2 bridgehead atoms. The number of esters is 1. The van der Waals surface area contributed by atoms with E-state index in [9.17, 15) is 14.4 Å². The number of unbranched alkanes of at least 4 members (excludes halogenated alkanes) is 3. The molecule has 0 aliphatic carbocycles. The fourth-order valence-corrected chi connectivity index (χ4v) is 7.19. The number of fused-ring (bicyclic) bond motifs is 1. The number of carbonyl (C=O) groups is 3. The number of aliphatic hydroxyl groups excluding tert-OH is 1. The molecule has 1 spiro atoms. The molecule has 3 aliphatic rings. The molecular weight excluding hydrogens is 564 g/mol. The Kier molecular flexibility index (Phi) is 8.99. The molecule has 2 amide bonds. The van der Waals surface area contributed by atoms with E-state index >= 15 is 0 Å². The van der Waals surface area contributed by atoms with E-state index in [1.54, 1.807) is 47.1 Å². The van der Waals surface area contributed by atoms with Gasteiger partial charge in [-0.1, -0.05) is 46.4 Å². The van der Waals surface area contributed by atoms with Crippen molar-refractivity contribution in [3.05, 3.63) is 41.9 Å². The van der Waals surface area contributed by atoms with Gasteiger partial charge in [-0.05, 0) is 50.5 Å². The lowest BCUT2D eigenvalue weighted by Gasteiger charge is -2.37. The fraction of sp³-hybridized carbons (Fsp3) is 0.593. The standard InChI is InChI=1S/C27H34BrClN2O6/c1-3-13-30(18-11-9-17(29)10-12-18)25(34)23-27-16-19(28)22(37-27)20(26(35)36-4-2)21(27)24(33)31(23)14-7-5-6-8-15-32/h3,9-12,19-23,32H,1,4-8,13-16H2,2H3/t19?,20-,21+,22-,23-,27+/m1/s1. The predicted molar refractivity (Wildman–Crippen MR) is 144 cm³/mol. The molecule has 37 heavy (non-hydrogen) atoms. The van der Waals surface area contributed by atoms with Gasteiger partial charge >= 0.3 is 5.97 Å². The van der Waals surface area contributed by atoms with Crippen LogP contribution in [0.15, 0.2) is 36.9 Å². The van der Waals surface area contributed by atoms with Gasteiger partial charge in [0.25, 0.3) is 5.91 Å². The minimum absolute atomic E-state index is 0.121. The fourth-order valence-electron chi connectivity index (χ4n) is 6.13. The van der Waals surface area contributed by atoms with E-state index in [0.29, 0.717) is 36.5 Å². The minimum Gasteiger partial charge on any atom is -0.466 e. The van der Waals surface area contributed by atoms with E-state index in [0.717, 1.165) is 12.8 Å². The SMILES string of the molecule is C=CCN(C(=O)[C@H]1N(CCCCCCO)C(=O)[C@@H]2[C@@H](C(=O)OCC)[C@@H]3O[C@@]21CC3Br)c1ccc(Cl)cc1. The van der Waals surface area contributed by atoms with Crippen molar-refractivity contribution in [2.45, 2.75) is 61.6 Å². The van der Waals surface area contributed by atoms with Crippen LogP contribution in [0.1, 0.15) is 39.0 Å². The van der Waals surface area contributed by atoms with E-state index in [1.165, 1.54) is 0 Å². The third-order valence-corrected chi connectivity index (χ3v) is 8.70. The Morgan fingerprint density at radius 3 is 2.65 bits per heavy atom. The van der Waals surface area contributed by atoms with Crippen LogP contribution in [0.25, 0.3) is 0 Å². The number of nitrogens with zero attached hydrogens (tertiary/aromatic N) is 2.